The van der Waals surface area contributed by atoms with Gasteiger partial charge in [-0.2, -0.15) is 0 Å². The van der Waals surface area contributed by atoms with Crippen LogP contribution in [0.1, 0.15) is 27.7 Å². The summed E-state index contributed by atoms with van der Waals surface area (Å²) in [6.45, 7) is 8.26. The lowest BCUT2D eigenvalue weighted by atomic mass is 10.1. The minimum atomic E-state index is 0.422. The van der Waals surface area contributed by atoms with Crippen LogP contribution >= 0.6 is 0 Å². The zero-order valence-corrected chi connectivity index (χ0v) is 8.73. The molecule has 0 rings (SSSR count). The van der Waals surface area contributed by atoms with Crippen LogP contribution < -0.4 is 11.1 Å². The molecule has 3 N–H and O–H groups in total. The maximum Gasteiger partial charge on any atom is 0.0137 e. The summed E-state index contributed by atoms with van der Waals surface area (Å²) in [6, 6.07) is 0. The molecule has 0 aromatic heterocycles. The van der Waals surface area contributed by atoms with Crippen molar-refractivity contribution in [2.24, 2.45) is 11.7 Å². The molecule has 0 atom stereocenters. The summed E-state index contributed by atoms with van der Waals surface area (Å²) in [7, 11) is 1.91. The van der Waals surface area contributed by atoms with Gasteiger partial charge in [0.2, 0.25) is 0 Å². The van der Waals surface area contributed by atoms with Crippen molar-refractivity contribution in [2.75, 3.05) is 7.05 Å². The molecule has 0 radical (unpaired) electrons. The third kappa shape index (κ3) is 3.46. The Hall–Kier alpha value is -0.920. The van der Waals surface area contributed by atoms with Crippen molar-refractivity contribution < 1.29 is 0 Å². The van der Waals surface area contributed by atoms with Crippen LogP contribution in [0.2, 0.25) is 0 Å². The fraction of sp³-hybridized carbons (Fsp3) is 0.600. The lowest BCUT2D eigenvalue weighted by Crippen LogP contribution is -2.08. The number of rotatable bonds is 3. The first kappa shape index (κ1) is 11.1. The van der Waals surface area contributed by atoms with Crippen LogP contribution in [0.3, 0.4) is 0 Å². The van der Waals surface area contributed by atoms with Gasteiger partial charge in [0.25, 0.3) is 0 Å². The SMILES string of the molecule is CN/C(C)=C\C(C)=C(\N)C(C)C. The second-order valence-corrected chi connectivity index (χ2v) is 3.37. The number of nitrogens with two attached hydrogens (primary N) is 1. The Balaban J connectivity index is 4.57. The molecular formula is C10H20N2. The molecule has 12 heavy (non-hydrogen) atoms. The van der Waals surface area contributed by atoms with Crippen molar-refractivity contribution in [3.63, 3.8) is 0 Å². The molecule has 2 nitrogen and oxygen atoms in total. The summed E-state index contributed by atoms with van der Waals surface area (Å²) in [5.74, 6) is 0.422. The average Bonchev–Trinajstić information content (AvgIpc) is 2.02. The highest BCUT2D eigenvalue weighted by Gasteiger charge is 2.00. The second-order valence-electron chi connectivity index (χ2n) is 3.37. The van der Waals surface area contributed by atoms with Gasteiger partial charge < -0.3 is 11.1 Å². The zero-order valence-electron chi connectivity index (χ0n) is 8.73. The van der Waals surface area contributed by atoms with E-state index >= 15 is 0 Å². The van der Waals surface area contributed by atoms with Crippen LogP contribution in [-0.4, -0.2) is 7.05 Å². The van der Waals surface area contributed by atoms with Gasteiger partial charge >= 0.3 is 0 Å². The summed E-state index contributed by atoms with van der Waals surface area (Å²) in [6.07, 6.45) is 2.06. The Morgan fingerprint density at radius 1 is 1.33 bits per heavy atom. The lowest BCUT2D eigenvalue weighted by Gasteiger charge is -2.08. The van der Waals surface area contributed by atoms with E-state index in [2.05, 4.69) is 25.2 Å². The Bertz CT molecular complexity index is 200. The van der Waals surface area contributed by atoms with Crippen molar-refractivity contribution in [1.82, 2.24) is 5.32 Å². The predicted molar refractivity (Wildman–Crippen MR) is 54.5 cm³/mol. The maximum absolute atomic E-state index is 5.87. The van der Waals surface area contributed by atoms with Crippen LogP contribution in [0.25, 0.3) is 0 Å². The van der Waals surface area contributed by atoms with Gasteiger partial charge in [0.05, 0.1) is 0 Å². The molecule has 0 spiro atoms. The van der Waals surface area contributed by atoms with Crippen molar-refractivity contribution in [1.29, 1.82) is 0 Å². The van der Waals surface area contributed by atoms with E-state index < -0.39 is 0 Å². The highest BCUT2D eigenvalue weighted by molar-refractivity contribution is 5.25. The van der Waals surface area contributed by atoms with Crippen molar-refractivity contribution in [3.05, 3.63) is 23.0 Å². The molecule has 0 aromatic rings. The standard InChI is InChI=1S/C10H20N2/c1-7(2)10(11)8(3)6-9(4)12-5/h6-7,12H,11H2,1-5H3/b9-6-,10-8+. The van der Waals surface area contributed by atoms with Gasteiger partial charge in [-0.1, -0.05) is 13.8 Å². The highest BCUT2D eigenvalue weighted by Crippen LogP contribution is 2.10. The normalized spacial score (nSPS) is 14.7. The molecule has 0 amide bonds. The molecule has 0 aliphatic rings. The minimum Gasteiger partial charge on any atom is -0.402 e. The van der Waals surface area contributed by atoms with Gasteiger partial charge in [-0.25, -0.2) is 0 Å². The molecule has 70 valence electrons. The second kappa shape index (κ2) is 4.86. The fourth-order valence-electron chi connectivity index (χ4n) is 0.936. The van der Waals surface area contributed by atoms with E-state index in [0.29, 0.717) is 5.92 Å². The summed E-state index contributed by atoms with van der Waals surface area (Å²) in [5.41, 5.74) is 9.12. The van der Waals surface area contributed by atoms with E-state index in [4.69, 9.17) is 5.73 Å². The van der Waals surface area contributed by atoms with Gasteiger partial charge in [0.15, 0.2) is 0 Å². The molecule has 0 aromatic carbocycles. The van der Waals surface area contributed by atoms with E-state index in [9.17, 15) is 0 Å². The molecule has 0 unspecified atom stereocenters. The number of hydrogen-bond donors (Lipinski definition) is 2. The highest BCUT2D eigenvalue weighted by atomic mass is 14.8. The lowest BCUT2D eigenvalue weighted by molar-refractivity contribution is 0.747. The molecule has 0 fully saturated rings. The Kier molecular flexibility index (Phi) is 4.49. The quantitative estimate of drug-likeness (QED) is 0.632. The average molecular weight is 168 g/mol. The summed E-state index contributed by atoms with van der Waals surface area (Å²) in [5, 5.41) is 3.06. The van der Waals surface area contributed by atoms with Crippen molar-refractivity contribution in [2.45, 2.75) is 27.7 Å². The van der Waals surface area contributed by atoms with Gasteiger partial charge in [-0.3, -0.25) is 0 Å². The zero-order chi connectivity index (χ0) is 9.72. The minimum absolute atomic E-state index is 0.422. The molecule has 0 heterocycles. The van der Waals surface area contributed by atoms with Gasteiger partial charge in [0.1, 0.15) is 0 Å². The first-order valence-electron chi connectivity index (χ1n) is 4.31. The third-order valence-corrected chi connectivity index (χ3v) is 1.90. The van der Waals surface area contributed by atoms with E-state index in [1.165, 1.54) is 0 Å². The number of nitrogens with one attached hydrogen (secondary N) is 1. The van der Waals surface area contributed by atoms with E-state index in [1.54, 1.807) is 0 Å². The smallest absolute Gasteiger partial charge is 0.0137 e. The summed E-state index contributed by atoms with van der Waals surface area (Å²) in [4.78, 5) is 0. The molecule has 0 bridgehead atoms. The molecule has 0 aliphatic heterocycles. The molecule has 0 saturated heterocycles. The maximum atomic E-state index is 5.87. The van der Waals surface area contributed by atoms with E-state index in [0.717, 1.165) is 17.0 Å². The largest absolute Gasteiger partial charge is 0.402 e. The van der Waals surface area contributed by atoms with Crippen LogP contribution in [-0.2, 0) is 0 Å². The van der Waals surface area contributed by atoms with E-state index in [-0.39, 0.29) is 0 Å². The molecular weight excluding hydrogens is 148 g/mol. The van der Waals surface area contributed by atoms with Crippen molar-refractivity contribution >= 4 is 0 Å². The topological polar surface area (TPSA) is 38.0 Å². The van der Waals surface area contributed by atoms with Crippen LogP contribution in [0.15, 0.2) is 23.0 Å². The Labute approximate surface area is 75.5 Å². The first-order valence-corrected chi connectivity index (χ1v) is 4.31. The van der Waals surface area contributed by atoms with Gasteiger partial charge in [-0.15, -0.1) is 0 Å². The van der Waals surface area contributed by atoms with E-state index in [1.807, 2.05) is 20.9 Å². The molecule has 0 saturated carbocycles. The Morgan fingerprint density at radius 3 is 2.17 bits per heavy atom. The van der Waals surface area contributed by atoms with Crippen LogP contribution in [0.5, 0.6) is 0 Å². The summed E-state index contributed by atoms with van der Waals surface area (Å²) < 4.78 is 0. The third-order valence-electron chi connectivity index (χ3n) is 1.90. The first-order chi connectivity index (χ1) is 5.49. The molecule has 0 aliphatic carbocycles. The number of allylic oxidation sites excluding steroid dienone is 4. The molecule has 2 heteroatoms. The summed E-state index contributed by atoms with van der Waals surface area (Å²) >= 11 is 0. The Morgan fingerprint density at radius 2 is 1.83 bits per heavy atom. The van der Waals surface area contributed by atoms with Crippen LogP contribution in [0, 0.1) is 5.92 Å². The van der Waals surface area contributed by atoms with Crippen molar-refractivity contribution in [3.8, 4) is 0 Å². The predicted octanol–water partition coefficient (Wildman–Crippen LogP) is 2.00. The van der Waals surface area contributed by atoms with Gasteiger partial charge in [0, 0.05) is 18.4 Å². The monoisotopic (exact) mass is 168 g/mol. The van der Waals surface area contributed by atoms with Crippen LogP contribution in [0.4, 0.5) is 0 Å². The van der Waals surface area contributed by atoms with Gasteiger partial charge in [-0.05, 0) is 31.4 Å². The number of hydrogen-bond acceptors (Lipinski definition) is 2. The fourth-order valence-corrected chi connectivity index (χ4v) is 0.936.